The molecule has 13 heavy (non-hydrogen) atoms. The Hall–Kier alpha value is -0.540. The molecule has 0 aromatic carbocycles. The van der Waals surface area contributed by atoms with E-state index in [1.165, 1.54) is 11.8 Å². The van der Waals surface area contributed by atoms with Crippen molar-refractivity contribution in [2.45, 2.75) is 19.8 Å². The van der Waals surface area contributed by atoms with Crippen LogP contribution < -0.4 is 0 Å². The molecule has 0 aromatic rings. The summed E-state index contributed by atoms with van der Waals surface area (Å²) >= 11 is 1.30. The number of carbonyl (C=O) groups excluding carboxylic acids is 1. The quantitative estimate of drug-likeness (QED) is 0.752. The van der Waals surface area contributed by atoms with E-state index in [4.69, 9.17) is 5.11 Å². The molecule has 0 fully saturated rings. The number of hydrogen-bond donors (Lipinski definition) is 1. The van der Waals surface area contributed by atoms with Crippen LogP contribution in [0.15, 0.2) is 23.3 Å². The Morgan fingerprint density at radius 2 is 2.08 bits per heavy atom. The van der Waals surface area contributed by atoms with Crippen molar-refractivity contribution in [1.82, 2.24) is 0 Å². The highest BCUT2D eigenvalue weighted by Gasteiger charge is 2.08. The van der Waals surface area contributed by atoms with E-state index in [2.05, 4.69) is 12.2 Å². The number of carbonyl (C=O) groups is 1. The number of thioether (sulfide) groups is 1. The largest absolute Gasteiger partial charge is 0.392 e. The van der Waals surface area contributed by atoms with E-state index < -0.39 is 0 Å². The molecule has 0 amide bonds. The normalized spacial score (nSPS) is 16.5. The molecule has 2 nitrogen and oxygen atoms in total. The number of allylic oxidation sites excluding steroid dienone is 2. The molecular formula is C10H14O2S. The molecule has 1 aliphatic rings. The molecule has 72 valence electrons. The minimum atomic E-state index is 0.0876. The first-order chi connectivity index (χ1) is 6.24. The van der Waals surface area contributed by atoms with Crippen molar-refractivity contribution < 1.29 is 9.90 Å². The second kappa shape index (κ2) is 5.25. The highest BCUT2D eigenvalue weighted by Crippen LogP contribution is 2.22. The summed E-state index contributed by atoms with van der Waals surface area (Å²) in [5.74, 6) is 0.696. The Kier molecular flexibility index (Phi) is 4.25. The lowest BCUT2D eigenvalue weighted by Crippen LogP contribution is -2.03. The second-order valence-electron chi connectivity index (χ2n) is 2.97. The Morgan fingerprint density at radius 3 is 2.62 bits per heavy atom. The fourth-order valence-corrected chi connectivity index (χ4v) is 1.94. The van der Waals surface area contributed by atoms with Crippen LogP contribution in [0.2, 0.25) is 0 Å². The van der Waals surface area contributed by atoms with Gasteiger partial charge in [0.15, 0.2) is 5.12 Å². The van der Waals surface area contributed by atoms with E-state index in [1.807, 2.05) is 0 Å². The van der Waals surface area contributed by atoms with Crippen molar-refractivity contribution in [3.05, 3.63) is 23.3 Å². The maximum atomic E-state index is 10.7. The van der Waals surface area contributed by atoms with Gasteiger partial charge < -0.3 is 5.11 Å². The first kappa shape index (κ1) is 10.5. The highest BCUT2D eigenvalue weighted by molar-refractivity contribution is 8.13. The van der Waals surface area contributed by atoms with Gasteiger partial charge in [-0.15, -0.1) is 0 Å². The Balaban J connectivity index is 2.52. The van der Waals surface area contributed by atoms with Gasteiger partial charge in [-0.3, -0.25) is 4.79 Å². The molecule has 0 atom stereocenters. The summed E-state index contributed by atoms with van der Waals surface area (Å²) in [6.45, 7) is 1.65. The van der Waals surface area contributed by atoms with Gasteiger partial charge in [0.2, 0.25) is 0 Å². The summed E-state index contributed by atoms with van der Waals surface area (Å²) in [7, 11) is 0. The van der Waals surface area contributed by atoms with Crippen LogP contribution in [0.25, 0.3) is 0 Å². The van der Waals surface area contributed by atoms with E-state index >= 15 is 0 Å². The third kappa shape index (κ3) is 3.36. The van der Waals surface area contributed by atoms with Gasteiger partial charge in [-0.05, 0) is 24.0 Å². The molecule has 3 heteroatoms. The zero-order valence-electron chi connectivity index (χ0n) is 7.75. The van der Waals surface area contributed by atoms with Gasteiger partial charge in [0.25, 0.3) is 0 Å². The third-order valence-electron chi connectivity index (χ3n) is 1.96. The van der Waals surface area contributed by atoms with Gasteiger partial charge in [0.1, 0.15) is 0 Å². The van der Waals surface area contributed by atoms with Crippen LogP contribution in [0.1, 0.15) is 19.8 Å². The van der Waals surface area contributed by atoms with Gasteiger partial charge in [0, 0.05) is 12.7 Å². The third-order valence-corrected chi connectivity index (χ3v) is 2.82. The summed E-state index contributed by atoms with van der Waals surface area (Å²) < 4.78 is 0. The van der Waals surface area contributed by atoms with Crippen molar-refractivity contribution in [3.8, 4) is 0 Å². The lowest BCUT2D eigenvalue weighted by molar-refractivity contribution is -0.109. The second-order valence-corrected chi connectivity index (χ2v) is 4.13. The van der Waals surface area contributed by atoms with Crippen LogP contribution in [0.4, 0.5) is 0 Å². The van der Waals surface area contributed by atoms with Gasteiger partial charge in [-0.2, -0.15) is 0 Å². The highest BCUT2D eigenvalue weighted by atomic mass is 32.2. The van der Waals surface area contributed by atoms with Crippen molar-refractivity contribution >= 4 is 16.9 Å². The van der Waals surface area contributed by atoms with Crippen molar-refractivity contribution in [2.75, 3.05) is 12.4 Å². The molecule has 0 saturated heterocycles. The zero-order valence-corrected chi connectivity index (χ0v) is 8.56. The SMILES string of the molecule is CC(=O)SCC1=CCCC=C1CO. The minimum absolute atomic E-state index is 0.0876. The molecule has 0 radical (unpaired) electrons. The van der Waals surface area contributed by atoms with E-state index in [1.54, 1.807) is 6.92 Å². The maximum Gasteiger partial charge on any atom is 0.186 e. The fourth-order valence-electron chi connectivity index (χ4n) is 1.27. The molecule has 1 N–H and O–H groups in total. The monoisotopic (exact) mass is 198 g/mol. The average molecular weight is 198 g/mol. The van der Waals surface area contributed by atoms with Crippen LogP contribution in [0, 0.1) is 0 Å². The lowest BCUT2D eigenvalue weighted by Gasteiger charge is -2.13. The van der Waals surface area contributed by atoms with E-state index in [0.29, 0.717) is 5.75 Å². The number of aliphatic hydroxyl groups is 1. The minimum Gasteiger partial charge on any atom is -0.392 e. The lowest BCUT2D eigenvalue weighted by atomic mass is 10.00. The molecule has 1 aliphatic carbocycles. The first-order valence-corrected chi connectivity index (χ1v) is 5.35. The van der Waals surface area contributed by atoms with Crippen LogP contribution in [0.5, 0.6) is 0 Å². The zero-order chi connectivity index (χ0) is 9.68. The molecular weight excluding hydrogens is 184 g/mol. The molecule has 0 saturated carbocycles. The summed E-state index contributed by atoms with van der Waals surface area (Å²) in [4.78, 5) is 10.7. The maximum absolute atomic E-state index is 10.7. The summed E-state index contributed by atoms with van der Waals surface area (Å²) in [6, 6.07) is 0. The molecule has 1 rings (SSSR count). The number of aliphatic hydroxyl groups excluding tert-OH is 1. The molecule has 0 spiro atoms. The average Bonchev–Trinajstić information content (AvgIpc) is 2.15. The van der Waals surface area contributed by atoms with Gasteiger partial charge in [0.05, 0.1) is 6.61 Å². The van der Waals surface area contributed by atoms with Gasteiger partial charge >= 0.3 is 0 Å². The molecule has 0 unspecified atom stereocenters. The predicted octanol–water partition coefficient (Wildman–Crippen LogP) is 1.90. The van der Waals surface area contributed by atoms with Crippen LogP contribution in [0.3, 0.4) is 0 Å². The van der Waals surface area contributed by atoms with Crippen LogP contribution in [-0.2, 0) is 4.79 Å². The molecule has 0 aliphatic heterocycles. The Bertz CT molecular complexity index is 254. The van der Waals surface area contributed by atoms with E-state index in [0.717, 1.165) is 24.0 Å². The van der Waals surface area contributed by atoms with Crippen LogP contribution in [-0.4, -0.2) is 22.6 Å². The number of hydrogen-bond acceptors (Lipinski definition) is 3. The summed E-state index contributed by atoms with van der Waals surface area (Å²) in [5.41, 5.74) is 2.11. The Labute approximate surface area is 82.7 Å². The van der Waals surface area contributed by atoms with E-state index in [9.17, 15) is 4.79 Å². The summed E-state index contributed by atoms with van der Waals surface area (Å²) in [5, 5.41) is 9.15. The Morgan fingerprint density at radius 1 is 1.46 bits per heavy atom. The predicted molar refractivity (Wildman–Crippen MR) is 55.6 cm³/mol. The summed E-state index contributed by atoms with van der Waals surface area (Å²) in [6.07, 6.45) is 6.19. The van der Waals surface area contributed by atoms with Crippen molar-refractivity contribution in [3.63, 3.8) is 0 Å². The van der Waals surface area contributed by atoms with Crippen molar-refractivity contribution in [1.29, 1.82) is 0 Å². The van der Waals surface area contributed by atoms with Crippen LogP contribution >= 0.6 is 11.8 Å². The van der Waals surface area contributed by atoms with E-state index in [-0.39, 0.29) is 11.7 Å². The first-order valence-electron chi connectivity index (χ1n) is 4.36. The fraction of sp³-hybridized carbons (Fsp3) is 0.500. The molecule has 0 heterocycles. The topological polar surface area (TPSA) is 37.3 Å². The van der Waals surface area contributed by atoms with Gasteiger partial charge in [-0.25, -0.2) is 0 Å². The van der Waals surface area contributed by atoms with Crippen molar-refractivity contribution in [2.24, 2.45) is 0 Å². The smallest absolute Gasteiger partial charge is 0.186 e. The molecule has 0 aromatic heterocycles. The van der Waals surface area contributed by atoms with Gasteiger partial charge in [-0.1, -0.05) is 23.9 Å². The molecule has 0 bridgehead atoms. The standard InChI is InChI=1S/C10H14O2S/c1-8(12)13-7-10-5-3-2-4-9(10)6-11/h4-5,11H,2-3,6-7H2,1H3. The number of rotatable bonds is 3.